The second-order valence-electron chi connectivity index (χ2n) is 5.28. The Labute approximate surface area is 155 Å². The summed E-state index contributed by atoms with van der Waals surface area (Å²) in [5.74, 6) is -0.151. The van der Waals surface area contributed by atoms with Crippen LogP contribution < -0.4 is 9.88 Å². The average molecular weight is 372 g/mol. The molecular formula is C18H18N3O4S+. The van der Waals surface area contributed by atoms with Crippen molar-refractivity contribution in [1.82, 2.24) is 5.32 Å². The van der Waals surface area contributed by atoms with E-state index < -0.39 is 4.92 Å². The fourth-order valence-corrected chi connectivity index (χ4v) is 2.52. The predicted molar refractivity (Wildman–Crippen MR) is 102 cm³/mol. The number of hydrogen-bond donors (Lipinski definition) is 3. The van der Waals surface area contributed by atoms with Gasteiger partial charge < -0.3 is 15.5 Å². The minimum Gasteiger partial charge on any atom is -0.502 e. The second-order valence-corrected chi connectivity index (χ2v) is 5.69. The number of hydrogen-bond acceptors (Lipinski definition) is 5. The van der Waals surface area contributed by atoms with Crippen molar-refractivity contribution in [1.29, 1.82) is 0 Å². The maximum Gasteiger partial charge on any atom is 0.288 e. The lowest BCUT2D eigenvalue weighted by Gasteiger charge is -2.09. The van der Waals surface area contributed by atoms with Crippen molar-refractivity contribution >= 4 is 34.3 Å². The monoisotopic (exact) mass is 372 g/mol. The molecule has 0 amide bonds. The molecule has 0 atom stereocenters. The molecule has 0 aliphatic carbocycles. The summed E-state index contributed by atoms with van der Waals surface area (Å²) in [4.78, 5) is 10.5. The van der Waals surface area contributed by atoms with Crippen LogP contribution in [0.15, 0.2) is 61.4 Å². The number of nitro groups is 1. The van der Waals surface area contributed by atoms with Gasteiger partial charge in [-0.25, -0.2) is 0 Å². The van der Waals surface area contributed by atoms with E-state index >= 15 is 0 Å². The van der Waals surface area contributed by atoms with Gasteiger partial charge >= 0.3 is 0 Å². The van der Waals surface area contributed by atoms with Crippen molar-refractivity contribution in [3.8, 4) is 0 Å². The van der Waals surface area contributed by atoms with Crippen LogP contribution in [-0.4, -0.2) is 26.7 Å². The molecule has 0 unspecified atom stereocenters. The van der Waals surface area contributed by atoms with Crippen LogP contribution in [0.4, 0.5) is 5.69 Å². The molecule has 1 aromatic carbocycles. The van der Waals surface area contributed by atoms with E-state index in [0.717, 1.165) is 0 Å². The Hall–Kier alpha value is -3.10. The van der Waals surface area contributed by atoms with Gasteiger partial charge in [-0.1, -0.05) is 18.3 Å². The van der Waals surface area contributed by atoms with E-state index in [0.29, 0.717) is 17.7 Å². The van der Waals surface area contributed by atoms with E-state index in [9.17, 15) is 20.3 Å². The minimum absolute atomic E-state index is 0.0783. The summed E-state index contributed by atoms with van der Waals surface area (Å²) in [6.45, 7) is 3.85. The van der Waals surface area contributed by atoms with Gasteiger partial charge in [0.1, 0.15) is 0 Å². The lowest BCUT2D eigenvalue weighted by molar-refractivity contribution is -0.576. The number of non-ortho nitro benzene ring substituents is 1. The highest BCUT2D eigenvalue weighted by Gasteiger charge is 2.24. The molecule has 1 heterocycles. The maximum absolute atomic E-state index is 10.8. The summed E-state index contributed by atoms with van der Waals surface area (Å²) in [5, 5.41) is 33.9. The Bertz CT molecular complexity index is 863. The van der Waals surface area contributed by atoms with E-state index in [4.69, 9.17) is 12.2 Å². The molecule has 0 spiro atoms. The van der Waals surface area contributed by atoms with Crippen molar-refractivity contribution in [2.75, 3.05) is 6.54 Å². The molecule has 0 radical (unpaired) electrons. The zero-order valence-corrected chi connectivity index (χ0v) is 14.6. The molecule has 0 bridgehead atoms. The molecule has 0 aliphatic rings. The van der Waals surface area contributed by atoms with E-state index in [1.165, 1.54) is 24.3 Å². The van der Waals surface area contributed by atoms with Gasteiger partial charge in [-0.05, 0) is 18.2 Å². The van der Waals surface area contributed by atoms with E-state index in [1.54, 1.807) is 35.2 Å². The van der Waals surface area contributed by atoms with Crippen LogP contribution in [-0.2, 0) is 6.61 Å². The first-order valence-electron chi connectivity index (χ1n) is 7.66. The highest BCUT2D eigenvalue weighted by atomic mass is 32.1. The molecule has 0 fully saturated rings. The number of nitrogens with zero attached hydrogens (tertiary/aromatic N) is 2. The van der Waals surface area contributed by atoms with Crippen molar-refractivity contribution in [3.63, 3.8) is 0 Å². The largest absolute Gasteiger partial charge is 0.502 e. The van der Waals surface area contributed by atoms with Crippen LogP contribution in [0, 0.1) is 10.1 Å². The van der Waals surface area contributed by atoms with Crippen LogP contribution in [0.2, 0.25) is 0 Å². The van der Waals surface area contributed by atoms with Gasteiger partial charge in [-0.2, -0.15) is 4.57 Å². The van der Waals surface area contributed by atoms with Crippen LogP contribution in [0.25, 0.3) is 11.5 Å². The summed E-state index contributed by atoms with van der Waals surface area (Å²) in [7, 11) is 0. The maximum atomic E-state index is 10.8. The molecule has 0 saturated carbocycles. The SMILES string of the molecule is C=CCNC(=S)/C(=C(\O)c1ccc([N+](=O)[O-])cc1)[n+]1cccc(CO)c1. The molecule has 2 aromatic rings. The van der Waals surface area contributed by atoms with Gasteiger partial charge in [-0.3, -0.25) is 10.1 Å². The van der Waals surface area contributed by atoms with Crippen molar-refractivity contribution < 1.29 is 19.7 Å². The lowest BCUT2D eigenvalue weighted by atomic mass is 10.1. The molecule has 2 rings (SSSR count). The van der Waals surface area contributed by atoms with Gasteiger partial charge in [-0.15, -0.1) is 6.58 Å². The number of nitro benzene ring substituents is 1. The highest BCUT2D eigenvalue weighted by molar-refractivity contribution is 7.81. The van der Waals surface area contributed by atoms with Gasteiger partial charge in [0.15, 0.2) is 23.1 Å². The molecule has 8 heteroatoms. The Balaban J connectivity index is 2.56. The van der Waals surface area contributed by atoms with Crippen molar-refractivity contribution in [2.45, 2.75) is 6.61 Å². The summed E-state index contributed by atoms with van der Waals surface area (Å²) < 4.78 is 1.58. The molecule has 0 aliphatic heterocycles. The Morgan fingerprint density at radius 1 is 1.35 bits per heavy atom. The van der Waals surface area contributed by atoms with E-state index in [2.05, 4.69) is 11.9 Å². The molecule has 7 nitrogen and oxygen atoms in total. The molecule has 0 saturated heterocycles. The van der Waals surface area contributed by atoms with E-state index in [1.807, 2.05) is 0 Å². The number of pyridine rings is 1. The fraction of sp³-hybridized carbons (Fsp3) is 0.111. The van der Waals surface area contributed by atoms with Gasteiger partial charge in [0, 0.05) is 35.9 Å². The normalized spacial score (nSPS) is 11.4. The number of aliphatic hydroxyl groups excluding tert-OH is 2. The third kappa shape index (κ3) is 4.50. The Kier molecular flexibility index (Phi) is 6.54. The number of aromatic nitrogens is 1. The molecule has 3 N–H and O–H groups in total. The van der Waals surface area contributed by atoms with Crippen LogP contribution in [0.1, 0.15) is 11.1 Å². The number of aliphatic hydroxyl groups is 2. The van der Waals surface area contributed by atoms with Gasteiger partial charge in [0.25, 0.3) is 11.4 Å². The van der Waals surface area contributed by atoms with Crippen LogP contribution >= 0.6 is 12.2 Å². The quantitative estimate of drug-likeness (QED) is 0.131. The number of nitrogens with one attached hydrogen (secondary N) is 1. The second kappa shape index (κ2) is 8.84. The summed E-state index contributed by atoms with van der Waals surface area (Å²) in [6.07, 6.45) is 4.94. The third-order valence-electron chi connectivity index (χ3n) is 3.50. The fourth-order valence-electron chi connectivity index (χ4n) is 2.23. The molecule has 134 valence electrons. The molecular weight excluding hydrogens is 354 g/mol. The van der Waals surface area contributed by atoms with Crippen LogP contribution in [0.5, 0.6) is 0 Å². The summed E-state index contributed by atoms with van der Waals surface area (Å²) >= 11 is 5.38. The highest BCUT2D eigenvalue weighted by Crippen LogP contribution is 2.20. The topological polar surface area (TPSA) is 99.5 Å². The summed E-state index contributed by atoms with van der Waals surface area (Å²) in [6, 6.07) is 8.94. The van der Waals surface area contributed by atoms with Crippen molar-refractivity contribution in [2.24, 2.45) is 0 Å². The first-order chi connectivity index (χ1) is 12.5. The van der Waals surface area contributed by atoms with Gasteiger partial charge in [0.05, 0.1) is 11.5 Å². The Morgan fingerprint density at radius 3 is 2.62 bits per heavy atom. The lowest BCUT2D eigenvalue weighted by Crippen LogP contribution is -2.41. The molecule has 1 aromatic heterocycles. The smallest absolute Gasteiger partial charge is 0.288 e. The predicted octanol–water partition coefficient (Wildman–Crippen LogP) is 2.36. The standard InChI is InChI=1S/C18H17N3O4S/c1-2-9-19-18(26)16(20-10-3-4-13(11-20)12-22)17(23)14-5-7-15(8-6-14)21(24)25/h2-8,10-11,22H,1,9,12H2,(H-,19,23,26)/p+1. The van der Waals surface area contributed by atoms with Crippen LogP contribution in [0.3, 0.4) is 0 Å². The minimum atomic E-state index is -0.513. The Morgan fingerprint density at radius 2 is 2.04 bits per heavy atom. The number of rotatable bonds is 7. The zero-order valence-electron chi connectivity index (χ0n) is 13.8. The first-order valence-corrected chi connectivity index (χ1v) is 8.07. The average Bonchev–Trinajstić information content (AvgIpc) is 2.66. The first kappa shape index (κ1) is 19.2. The van der Waals surface area contributed by atoms with Crippen molar-refractivity contribution in [3.05, 3.63) is 82.7 Å². The number of thiocarbonyl (C=S) groups is 1. The zero-order chi connectivity index (χ0) is 19.1. The summed E-state index contributed by atoms with van der Waals surface area (Å²) in [5.41, 5.74) is 1.21. The molecule has 26 heavy (non-hydrogen) atoms. The number of benzene rings is 1. The van der Waals surface area contributed by atoms with E-state index in [-0.39, 0.29) is 28.7 Å². The third-order valence-corrected chi connectivity index (χ3v) is 3.84. The van der Waals surface area contributed by atoms with Gasteiger partial charge in [0.2, 0.25) is 0 Å².